The maximum Gasteiger partial charge on any atom is 0.416 e. The van der Waals surface area contributed by atoms with Gasteiger partial charge in [-0.05, 0) is 54.4 Å². The minimum Gasteiger partial charge on any atom is -0.348 e. The van der Waals surface area contributed by atoms with Crippen LogP contribution in [-0.2, 0) is 18.5 Å². The van der Waals surface area contributed by atoms with E-state index in [9.17, 15) is 22.4 Å². The zero-order chi connectivity index (χ0) is 25.0. The summed E-state index contributed by atoms with van der Waals surface area (Å²) in [6.07, 6.45) is -4.47. The van der Waals surface area contributed by atoms with Gasteiger partial charge in [-0.3, -0.25) is 9.36 Å². The van der Waals surface area contributed by atoms with Crippen molar-refractivity contribution in [2.75, 3.05) is 0 Å². The third-order valence-electron chi connectivity index (χ3n) is 5.21. The van der Waals surface area contributed by atoms with Crippen molar-refractivity contribution in [2.24, 2.45) is 0 Å². The number of nitrogens with one attached hydrogen (secondary N) is 1. The molecule has 0 radical (unpaired) electrons. The predicted molar refractivity (Wildman–Crippen MR) is 125 cm³/mol. The Labute approximate surface area is 203 Å². The number of carbonyl (C=O) groups excluding carboxylic acids is 1. The van der Waals surface area contributed by atoms with E-state index in [1.54, 1.807) is 54.0 Å². The van der Waals surface area contributed by atoms with Crippen molar-refractivity contribution < 1.29 is 22.4 Å². The van der Waals surface area contributed by atoms with E-state index >= 15 is 0 Å². The Morgan fingerprint density at radius 3 is 2.49 bits per heavy atom. The fourth-order valence-corrected chi connectivity index (χ4v) is 4.45. The number of carbonyl (C=O) groups is 1. The molecule has 0 aliphatic heterocycles. The highest BCUT2D eigenvalue weighted by atomic mass is 32.2. The predicted octanol–water partition coefficient (Wildman–Crippen LogP) is 5.96. The Balaban J connectivity index is 1.51. The molecule has 10 heteroatoms. The standard InChI is InChI=1S/C25H20F4N4OS/c1-16-31-32-24(33(16)21-7-4-6-19(13-21)25(27,28)29)35-15-18-5-2-3-8-22(18)23(34)30-14-17-9-11-20(26)12-10-17/h2-13H,14-15H2,1H3,(H,30,34). The molecule has 4 aromatic rings. The molecule has 35 heavy (non-hydrogen) atoms. The molecule has 5 nitrogen and oxygen atoms in total. The van der Waals surface area contributed by atoms with Gasteiger partial charge in [-0.15, -0.1) is 10.2 Å². The minimum atomic E-state index is -4.47. The van der Waals surface area contributed by atoms with Crippen LogP contribution >= 0.6 is 11.8 Å². The summed E-state index contributed by atoms with van der Waals surface area (Å²) in [7, 11) is 0. The molecule has 0 aliphatic carbocycles. The molecule has 0 unspecified atom stereocenters. The Morgan fingerprint density at radius 2 is 1.74 bits per heavy atom. The van der Waals surface area contributed by atoms with Gasteiger partial charge in [0.2, 0.25) is 0 Å². The van der Waals surface area contributed by atoms with Crippen LogP contribution in [0.1, 0.15) is 32.9 Å². The molecule has 4 rings (SSSR count). The molecule has 1 heterocycles. The number of alkyl halides is 3. The second-order valence-corrected chi connectivity index (χ2v) is 8.61. The molecule has 0 atom stereocenters. The van der Waals surface area contributed by atoms with E-state index in [-0.39, 0.29) is 18.3 Å². The van der Waals surface area contributed by atoms with Gasteiger partial charge in [-0.2, -0.15) is 13.2 Å². The van der Waals surface area contributed by atoms with Gasteiger partial charge in [-0.25, -0.2) is 4.39 Å². The highest BCUT2D eigenvalue weighted by molar-refractivity contribution is 7.98. The van der Waals surface area contributed by atoms with Crippen molar-refractivity contribution in [1.82, 2.24) is 20.1 Å². The number of rotatable bonds is 7. The number of hydrogen-bond acceptors (Lipinski definition) is 4. The van der Waals surface area contributed by atoms with E-state index < -0.39 is 11.7 Å². The quantitative estimate of drug-likeness (QED) is 0.251. The fourth-order valence-electron chi connectivity index (χ4n) is 3.44. The molecule has 0 saturated carbocycles. The van der Waals surface area contributed by atoms with Gasteiger partial charge in [0.05, 0.1) is 5.56 Å². The first-order chi connectivity index (χ1) is 16.7. The number of aromatic nitrogens is 3. The smallest absolute Gasteiger partial charge is 0.348 e. The van der Waals surface area contributed by atoms with Crippen LogP contribution < -0.4 is 5.32 Å². The molecule has 1 N–H and O–H groups in total. The van der Waals surface area contributed by atoms with Crippen LogP contribution in [0.2, 0.25) is 0 Å². The van der Waals surface area contributed by atoms with Gasteiger partial charge >= 0.3 is 6.18 Å². The summed E-state index contributed by atoms with van der Waals surface area (Å²) in [6, 6.07) is 17.9. The molecular weight excluding hydrogens is 480 g/mol. The number of aryl methyl sites for hydroxylation is 1. The van der Waals surface area contributed by atoms with Crippen molar-refractivity contribution in [3.05, 3.63) is 107 Å². The van der Waals surface area contributed by atoms with Gasteiger partial charge < -0.3 is 5.32 Å². The normalized spacial score (nSPS) is 11.5. The lowest BCUT2D eigenvalue weighted by Gasteiger charge is -2.13. The third-order valence-corrected chi connectivity index (χ3v) is 6.19. The van der Waals surface area contributed by atoms with E-state index in [4.69, 9.17) is 0 Å². The average molecular weight is 501 g/mol. The Kier molecular flexibility index (Phi) is 7.20. The van der Waals surface area contributed by atoms with E-state index in [0.29, 0.717) is 28.0 Å². The van der Waals surface area contributed by atoms with Crippen LogP contribution in [0, 0.1) is 12.7 Å². The van der Waals surface area contributed by atoms with Crippen molar-refractivity contribution in [3.8, 4) is 5.69 Å². The number of benzene rings is 3. The maximum absolute atomic E-state index is 13.2. The molecule has 0 spiro atoms. The number of amides is 1. The van der Waals surface area contributed by atoms with Crippen LogP contribution in [0.25, 0.3) is 5.69 Å². The Morgan fingerprint density at radius 1 is 1.00 bits per heavy atom. The summed E-state index contributed by atoms with van der Waals surface area (Å²) in [4.78, 5) is 12.8. The number of nitrogens with zero attached hydrogens (tertiary/aromatic N) is 3. The Hall–Kier alpha value is -3.66. The van der Waals surface area contributed by atoms with Gasteiger partial charge in [-0.1, -0.05) is 48.2 Å². The molecule has 0 aliphatic rings. The molecule has 0 bridgehead atoms. The number of thioether (sulfide) groups is 1. The van der Waals surface area contributed by atoms with Crippen LogP contribution in [-0.4, -0.2) is 20.7 Å². The molecular formula is C25H20F4N4OS. The van der Waals surface area contributed by atoms with Crippen LogP contribution in [0.3, 0.4) is 0 Å². The van der Waals surface area contributed by atoms with Crippen molar-refractivity contribution in [3.63, 3.8) is 0 Å². The largest absolute Gasteiger partial charge is 0.416 e. The highest BCUT2D eigenvalue weighted by Crippen LogP contribution is 2.32. The first-order valence-corrected chi connectivity index (χ1v) is 11.5. The SMILES string of the molecule is Cc1nnc(SCc2ccccc2C(=O)NCc2ccc(F)cc2)n1-c1cccc(C(F)(F)F)c1. The highest BCUT2D eigenvalue weighted by Gasteiger charge is 2.31. The number of hydrogen-bond donors (Lipinski definition) is 1. The van der Waals surface area contributed by atoms with Crippen molar-refractivity contribution >= 4 is 17.7 Å². The summed E-state index contributed by atoms with van der Waals surface area (Å²) < 4.78 is 54.2. The lowest BCUT2D eigenvalue weighted by Crippen LogP contribution is -2.23. The first-order valence-electron chi connectivity index (χ1n) is 10.6. The molecule has 1 aromatic heterocycles. The molecule has 0 saturated heterocycles. The molecule has 180 valence electrons. The van der Waals surface area contributed by atoms with Gasteiger partial charge in [0, 0.05) is 23.5 Å². The summed E-state index contributed by atoms with van der Waals surface area (Å²) in [5.41, 5.74) is 1.49. The van der Waals surface area contributed by atoms with Gasteiger partial charge in [0.25, 0.3) is 5.91 Å². The lowest BCUT2D eigenvalue weighted by molar-refractivity contribution is -0.137. The van der Waals surface area contributed by atoms with Gasteiger partial charge in [0.15, 0.2) is 5.16 Å². The van der Waals surface area contributed by atoms with Gasteiger partial charge in [0.1, 0.15) is 11.6 Å². The summed E-state index contributed by atoms with van der Waals surface area (Å²) in [5.74, 6) is 0.144. The van der Waals surface area contributed by atoms with Crippen LogP contribution in [0.5, 0.6) is 0 Å². The van der Waals surface area contributed by atoms with Crippen molar-refractivity contribution in [2.45, 2.75) is 30.6 Å². The van der Waals surface area contributed by atoms with E-state index in [0.717, 1.165) is 23.3 Å². The van der Waals surface area contributed by atoms with E-state index in [1.807, 2.05) is 0 Å². The monoisotopic (exact) mass is 500 g/mol. The average Bonchev–Trinajstić information content (AvgIpc) is 3.22. The molecule has 1 amide bonds. The summed E-state index contributed by atoms with van der Waals surface area (Å²) >= 11 is 1.26. The lowest BCUT2D eigenvalue weighted by atomic mass is 10.1. The third kappa shape index (κ3) is 5.89. The Bertz CT molecular complexity index is 1340. The fraction of sp³-hybridized carbons (Fsp3) is 0.160. The topological polar surface area (TPSA) is 59.8 Å². The van der Waals surface area contributed by atoms with Crippen molar-refractivity contribution in [1.29, 1.82) is 0 Å². The zero-order valence-corrected chi connectivity index (χ0v) is 19.3. The second-order valence-electron chi connectivity index (χ2n) is 7.67. The first kappa shape index (κ1) is 24.5. The summed E-state index contributed by atoms with van der Waals surface area (Å²) in [6.45, 7) is 1.90. The molecule has 0 fully saturated rings. The molecule has 3 aromatic carbocycles. The second kappa shape index (κ2) is 10.3. The van der Waals surface area contributed by atoms with Crippen LogP contribution in [0.4, 0.5) is 17.6 Å². The number of halogens is 4. The zero-order valence-electron chi connectivity index (χ0n) is 18.5. The van der Waals surface area contributed by atoms with E-state index in [1.165, 1.54) is 30.0 Å². The maximum atomic E-state index is 13.2. The van der Waals surface area contributed by atoms with Crippen LogP contribution in [0.15, 0.2) is 78.0 Å². The minimum absolute atomic E-state index is 0.240. The summed E-state index contributed by atoms with van der Waals surface area (Å²) in [5, 5.41) is 11.4. The van der Waals surface area contributed by atoms with E-state index in [2.05, 4.69) is 15.5 Å².